The summed E-state index contributed by atoms with van der Waals surface area (Å²) < 4.78 is 9.65. The van der Waals surface area contributed by atoms with Crippen LogP contribution in [0.3, 0.4) is 0 Å². The summed E-state index contributed by atoms with van der Waals surface area (Å²) in [7, 11) is 0. The summed E-state index contributed by atoms with van der Waals surface area (Å²) >= 11 is 0. The van der Waals surface area contributed by atoms with Crippen molar-refractivity contribution in [3.05, 3.63) is 36.8 Å². The molecule has 0 spiro atoms. The summed E-state index contributed by atoms with van der Waals surface area (Å²) in [6.45, 7) is 3.48. The van der Waals surface area contributed by atoms with Crippen LogP contribution in [0.4, 0.5) is 0 Å². The Morgan fingerprint density at radius 3 is 3.00 bits per heavy atom. The fourth-order valence-electron chi connectivity index (χ4n) is 0.938. The minimum Gasteiger partial charge on any atom is -0.468 e. The smallest absolute Gasteiger partial charge is 0.324 e. The molecule has 0 amide bonds. The first-order valence-corrected chi connectivity index (χ1v) is 4.05. The fraction of sp³-hybridized carbons (Fsp3) is 0.200. The first kappa shape index (κ1) is 10.2. The molecule has 0 N–H and O–H groups in total. The lowest BCUT2D eigenvalue weighted by molar-refractivity contribution is -0.145. The normalized spacial score (nSPS) is 11.7. The highest BCUT2D eigenvalue weighted by Gasteiger charge is 2.23. The first-order chi connectivity index (χ1) is 6.79. The van der Waals surface area contributed by atoms with E-state index in [1.165, 1.54) is 12.3 Å². The Hall–Kier alpha value is -1.84. The van der Waals surface area contributed by atoms with Gasteiger partial charge in [-0.2, -0.15) is 0 Å². The van der Waals surface area contributed by atoms with E-state index in [4.69, 9.17) is 9.15 Å². The standard InChI is InChI=1S/C10H10O4/c1-2-5-14-10(12)8(7-11)9-4-3-6-13-9/h2-4,6-8H,1,5H2. The number of furan rings is 1. The molecule has 0 aliphatic heterocycles. The van der Waals surface area contributed by atoms with E-state index in [1.807, 2.05) is 0 Å². The van der Waals surface area contributed by atoms with Crippen molar-refractivity contribution in [2.24, 2.45) is 0 Å². The Labute approximate surface area is 81.2 Å². The molecular weight excluding hydrogens is 184 g/mol. The molecule has 1 unspecified atom stereocenters. The summed E-state index contributed by atoms with van der Waals surface area (Å²) in [6, 6.07) is 3.15. The van der Waals surface area contributed by atoms with Crippen LogP contribution in [-0.4, -0.2) is 18.9 Å². The second-order valence-electron chi connectivity index (χ2n) is 2.55. The van der Waals surface area contributed by atoms with Crippen molar-refractivity contribution in [1.29, 1.82) is 0 Å². The molecule has 0 aliphatic carbocycles. The topological polar surface area (TPSA) is 56.5 Å². The Balaban J connectivity index is 2.67. The van der Waals surface area contributed by atoms with Gasteiger partial charge in [0.25, 0.3) is 0 Å². The third-order valence-electron chi connectivity index (χ3n) is 1.58. The fourth-order valence-corrected chi connectivity index (χ4v) is 0.938. The van der Waals surface area contributed by atoms with Gasteiger partial charge in [0.15, 0.2) is 5.92 Å². The Kier molecular flexibility index (Phi) is 3.67. The number of carbonyl (C=O) groups excluding carboxylic acids is 2. The van der Waals surface area contributed by atoms with Gasteiger partial charge in [-0.15, -0.1) is 0 Å². The second-order valence-corrected chi connectivity index (χ2v) is 2.55. The van der Waals surface area contributed by atoms with Crippen molar-refractivity contribution in [1.82, 2.24) is 0 Å². The van der Waals surface area contributed by atoms with E-state index in [1.54, 1.807) is 12.1 Å². The number of hydrogen-bond acceptors (Lipinski definition) is 4. The molecule has 1 rings (SSSR count). The van der Waals surface area contributed by atoms with Gasteiger partial charge < -0.3 is 13.9 Å². The molecule has 0 saturated heterocycles. The number of carbonyl (C=O) groups is 2. The molecule has 0 aromatic carbocycles. The van der Waals surface area contributed by atoms with Crippen LogP contribution >= 0.6 is 0 Å². The molecule has 0 aliphatic rings. The predicted molar refractivity (Wildman–Crippen MR) is 48.7 cm³/mol. The molecule has 74 valence electrons. The molecule has 1 atom stereocenters. The maximum Gasteiger partial charge on any atom is 0.324 e. The van der Waals surface area contributed by atoms with Gasteiger partial charge >= 0.3 is 5.97 Å². The maximum absolute atomic E-state index is 11.3. The predicted octanol–water partition coefficient (Wildman–Crippen LogP) is 1.29. The van der Waals surface area contributed by atoms with Crippen molar-refractivity contribution in [3.63, 3.8) is 0 Å². The number of hydrogen-bond donors (Lipinski definition) is 0. The molecule has 0 bridgehead atoms. The molecule has 1 heterocycles. The van der Waals surface area contributed by atoms with Crippen LogP contribution in [-0.2, 0) is 14.3 Å². The van der Waals surface area contributed by atoms with Crippen LogP contribution in [0, 0.1) is 0 Å². The Bertz CT molecular complexity index is 313. The average molecular weight is 194 g/mol. The highest BCUT2D eigenvalue weighted by molar-refractivity contribution is 5.93. The molecular formula is C10H10O4. The Morgan fingerprint density at radius 2 is 2.50 bits per heavy atom. The van der Waals surface area contributed by atoms with E-state index in [0.29, 0.717) is 6.29 Å². The zero-order valence-corrected chi connectivity index (χ0v) is 7.51. The molecule has 1 aromatic rings. The van der Waals surface area contributed by atoms with Crippen LogP contribution in [0.25, 0.3) is 0 Å². The second kappa shape index (κ2) is 5.01. The summed E-state index contributed by atoms with van der Waals surface area (Å²) in [4.78, 5) is 21.9. The van der Waals surface area contributed by atoms with E-state index in [-0.39, 0.29) is 12.4 Å². The van der Waals surface area contributed by atoms with Gasteiger partial charge in [0.1, 0.15) is 18.7 Å². The van der Waals surface area contributed by atoms with E-state index in [9.17, 15) is 9.59 Å². The zero-order valence-electron chi connectivity index (χ0n) is 7.51. The monoisotopic (exact) mass is 194 g/mol. The molecule has 4 nitrogen and oxygen atoms in total. The van der Waals surface area contributed by atoms with Gasteiger partial charge in [0.2, 0.25) is 0 Å². The molecule has 0 radical (unpaired) electrons. The maximum atomic E-state index is 11.3. The lowest BCUT2D eigenvalue weighted by atomic mass is 10.1. The van der Waals surface area contributed by atoms with Crippen LogP contribution in [0.2, 0.25) is 0 Å². The summed E-state index contributed by atoms with van der Waals surface area (Å²) in [5.41, 5.74) is 0. The van der Waals surface area contributed by atoms with Gasteiger partial charge in [-0.3, -0.25) is 4.79 Å². The Morgan fingerprint density at radius 1 is 1.71 bits per heavy atom. The van der Waals surface area contributed by atoms with Crippen molar-refractivity contribution >= 4 is 12.3 Å². The number of ether oxygens (including phenoxy) is 1. The molecule has 0 fully saturated rings. The number of aldehydes is 1. The van der Waals surface area contributed by atoms with Crippen molar-refractivity contribution in [2.75, 3.05) is 6.61 Å². The summed E-state index contributed by atoms with van der Waals surface area (Å²) in [5.74, 6) is -1.33. The van der Waals surface area contributed by atoms with Crippen LogP contribution < -0.4 is 0 Å². The first-order valence-electron chi connectivity index (χ1n) is 4.05. The van der Waals surface area contributed by atoms with Crippen molar-refractivity contribution in [3.8, 4) is 0 Å². The largest absolute Gasteiger partial charge is 0.468 e. The van der Waals surface area contributed by atoms with Crippen LogP contribution in [0.1, 0.15) is 11.7 Å². The van der Waals surface area contributed by atoms with E-state index < -0.39 is 11.9 Å². The molecule has 4 heteroatoms. The lowest BCUT2D eigenvalue weighted by Crippen LogP contribution is -2.16. The van der Waals surface area contributed by atoms with Crippen LogP contribution in [0.15, 0.2) is 35.5 Å². The third kappa shape index (κ3) is 2.32. The lowest BCUT2D eigenvalue weighted by Gasteiger charge is -2.05. The summed E-state index contributed by atoms with van der Waals surface area (Å²) in [5, 5.41) is 0. The van der Waals surface area contributed by atoms with E-state index >= 15 is 0 Å². The van der Waals surface area contributed by atoms with Crippen molar-refractivity contribution in [2.45, 2.75) is 5.92 Å². The highest BCUT2D eigenvalue weighted by Crippen LogP contribution is 2.15. The quantitative estimate of drug-likeness (QED) is 0.307. The van der Waals surface area contributed by atoms with Crippen molar-refractivity contribution < 1.29 is 18.7 Å². The molecule has 14 heavy (non-hydrogen) atoms. The van der Waals surface area contributed by atoms with E-state index in [0.717, 1.165) is 0 Å². The average Bonchev–Trinajstić information content (AvgIpc) is 2.69. The third-order valence-corrected chi connectivity index (χ3v) is 1.58. The molecule has 0 saturated carbocycles. The zero-order chi connectivity index (χ0) is 10.4. The molecule has 1 aromatic heterocycles. The van der Waals surface area contributed by atoms with E-state index in [2.05, 4.69) is 6.58 Å². The highest BCUT2D eigenvalue weighted by atomic mass is 16.5. The summed E-state index contributed by atoms with van der Waals surface area (Å²) in [6.07, 6.45) is 3.32. The number of rotatable bonds is 5. The van der Waals surface area contributed by atoms with Gasteiger partial charge in [0.05, 0.1) is 6.26 Å². The van der Waals surface area contributed by atoms with Gasteiger partial charge in [0, 0.05) is 0 Å². The number of esters is 1. The minimum atomic E-state index is -0.982. The minimum absolute atomic E-state index is 0.0872. The van der Waals surface area contributed by atoms with Gasteiger partial charge in [-0.1, -0.05) is 12.7 Å². The van der Waals surface area contributed by atoms with Crippen LogP contribution in [0.5, 0.6) is 0 Å². The SMILES string of the molecule is C=CCOC(=O)C(C=O)c1ccco1. The van der Waals surface area contributed by atoms with Gasteiger partial charge in [-0.25, -0.2) is 0 Å². The van der Waals surface area contributed by atoms with Gasteiger partial charge in [-0.05, 0) is 12.1 Å².